The van der Waals surface area contributed by atoms with E-state index in [4.69, 9.17) is 21.1 Å². The summed E-state index contributed by atoms with van der Waals surface area (Å²) in [6.07, 6.45) is 0.261. The second kappa shape index (κ2) is 9.22. The molecule has 0 unspecified atom stereocenters. The zero-order valence-electron chi connectivity index (χ0n) is 15.5. The molecule has 1 fully saturated rings. The first-order chi connectivity index (χ1) is 13.1. The summed E-state index contributed by atoms with van der Waals surface area (Å²) in [6, 6.07) is 17.1. The fourth-order valence-corrected chi connectivity index (χ4v) is 3.19. The van der Waals surface area contributed by atoms with E-state index in [1.807, 2.05) is 49.5 Å². The Balaban J connectivity index is 1.62. The highest BCUT2D eigenvalue weighted by molar-refractivity contribution is 6.30. The van der Waals surface area contributed by atoms with Gasteiger partial charge in [0, 0.05) is 31.7 Å². The van der Waals surface area contributed by atoms with Crippen molar-refractivity contribution < 1.29 is 14.3 Å². The number of halogens is 1. The van der Waals surface area contributed by atoms with Crippen molar-refractivity contribution in [3.05, 3.63) is 65.2 Å². The van der Waals surface area contributed by atoms with Crippen LogP contribution in [-0.4, -0.2) is 49.8 Å². The molecule has 0 bridgehead atoms. The normalized spacial score (nSPS) is 19.5. The highest BCUT2D eigenvalue weighted by Crippen LogP contribution is 2.23. The van der Waals surface area contributed by atoms with Gasteiger partial charge in [0.05, 0.1) is 13.0 Å². The van der Waals surface area contributed by atoms with Crippen LogP contribution in [0.5, 0.6) is 5.75 Å². The number of ether oxygens (including phenoxy) is 2. The van der Waals surface area contributed by atoms with Gasteiger partial charge in [0.1, 0.15) is 18.0 Å². The van der Waals surface area contributed by atoms with Crippen LogP contribution in [0.15, 0.2) is 54.6 Å². The molecule has 1 N–H and O–H groups in total. The van der Waals surface area contributed by atoms with Crippen molar-refractivity contribution in [1.82, 2.24) is 10.2 Å². The number of nitrogens with zero attached hydrogens (tertiary/aromatic N) is 1. The fourth-order valence-electron chi connectivity index (χ4n) is 3.07. The van der Waals surface area contributed by atoms with Gasteiger partial charge in [-0.05, 0) is 29.8 Å². The molecule has 1 aliphatic rings. The third-order valence-electron chi connectivity index (χ3n) is 4.61. The molecule has 6 heteroatoms. The smallest absolute Gasteiger partial charge is 0.225 e. The number of carbonyl (C=O) groups excluding carboxylic acids is 1. The van der Waals surface area contributed by atoms with Crippen LogP contribution < -0.4 is 10.1 Å². The topological polar surface area (TPSA) is 50.8 Å². The molecule has 0 spiro atoms. The molecule has 2 aromatic rings. The van der Waals surface area contributed by atoms with Gasteiger partial charge in [0.2, 0.25) is 5.91 Å². The lowest BCUT2D eigenvalue weighted by Crippen LogP contribution is -2.55. The Morgan fingerprint density at radius 3 is 2.63 bits per heavy atom. The van der Waals surface area contributed by atoms with Gasteiger partial charge in [-0.3, -0.25) is 4.79 Å². The monoisotopic (exact) mass is 388 g/mol. The van der Waals surface area contributed by atoms with Crippen LogP contribution in [0.3, 0.4) is 0 Å². The minimum Gasteiger partial charge on any atom is -0.491 e. The summed E-state index contributed by atoms with van der Waals surface area (Å²) >= 11 is 5.92. The van der Waals surface area contributed by atoms with Crippen molar-refractivity contribution in [2.24, 2.45) is 0 Å². The molecule has 5 nitrogen and oxygen atoms in total. The van der Waals surface area contributed by atoms with Gasteiger partial charge >= 0.3 is 0 Å². The van der Waals surface area contributed by atoms with Crippen LogP contribution in [0.25, 0.3) is 0 Å². The summed E-state index contributed by atoms with van der Waals surface area (Å²) in [5, 5.41) is 3.98. The Labute approximate surface area is 165 Å². The van der Waals surface area contributed by atoms with E-state index < -0.39 is 5.60 Å². The fraction of sp³-hybridized carbons (Fsp3) is 0.381. The van der Waals surface area contributed by atoms with Crippen LogP contribution in [0.1, 0.15) is 12.0 Å². The number of rotatable bonds is 7. The van der Waals surface area contributed by atoms with Crippen LogP contribution in [0.4, 0.5) is 0 Å². The summed E-state index contributed by atoms with van der Waals surface area (Å²) in [7, 11) is 1.82. The molecule has 0 aromatic heterocycles. The zero-order valence-corrected chi connectivity index (χ0v) is 16.2. The van der Waals surface area contributed by atoms with Crippen LogP contribution in [0, 0.1) is 0 Å². The first kappa shape index (κ1) is 19.7. The Morgan fingerprint density at radius 2 is 1.96 bits per heavy atom. The van der Waals surface area contributed by atoms with E-state index in [1.165, 1.54) is 0 Å². The lowest BCUT2D eigenvalue weighted by atomic mass is 9.98. The van der Waals surface area contributed by atoms with E-state index in [0.717, 1.165) is 12.1 Å². The maximum Gasteiger partial charge on any atom is 0.225 e. The lowest BCUT2D eigenvalue weighted by Gasteiger charge is -2.37. The Hall–Kier alpha value is -2.08. The van der Waals surface area contributed by atoms with E-state index in [2.05, 4.69) is 5.32 Å². The number of amides is 1. The predicted molar refractivity (Wildman–Crippen MR) is 106 cm³/mol. The maximum absolute atomic E-state index is 12.8. The third-order valence-corrected chi connectivity index (χ3v) is 4.86. The number of nitrogens with one attached hydrogen (secondary N) is 1. The van der Waals surface area contributed by atoms with Gasteiger partial charge in [-0.2, -0.15) is 0 Å². The van der Waals surface area contributed by atoms with Crippen LogP contribution in [0.2, 0.25) is 5.02 Å². The minimum atomic E-state index is -0.681. The van der Waals surface area contributed by atoms with Gasteiger partial charge in [0.15, 0.2) is 0 Å². The van der Waals surface area contributed by atoms with Gasteiger partial charge in [-0.1, -0.05) is 41.9 Å². The largest absolute Gasteiger partial charge is 0.491 e. The number of morpholine rings is 1. The highest BCUT2D eigenvalue weighted by atomic mass is 35.5. The Kier molecular flexibility index (Phi) is 6.72. The van der Waals surface area contributed by atoms with Crippen LogP contribution in [-0.2, 0) is 16.1 Å². The molecule has 0 saturated carbocycles. The first-order valence-electron chi connectivity index (χ1n) is 9.07. The van der Waals surface area contributed by atoms with E-state index >= 15 is 0 Å². The standard InChI is InChI=1S/C21H25ClN2O3/c1-24(14-17-5-3-2-4-6-17)20(25)13-21(15-23-11-12-27-21)16-26-19-9-7-18(22)8-10-19/h2-10,23H,11-16H2,1H3/t21-/m1/s1. The summed E-state index contributed by atoms with van der Waals surface area (Å²) in [4.78, 5) is 14.6. The Bertz CT molecular complexity index is 731. The molecule has 1 amide bonds. The quantitative estimate of drug-likeness (QED) is 0.791. The molecule has 1 heterocycles. The number of carbonyl (C=O) groups is 1. The predicted octanol–water partition coefficient (Wildman–Crippen LogP) is 3.13. The molecule has 3 rings (SSSR count). The van der Waals surface area contributed by atoms with E-state index in [-0.39, 0.29) is 12.3 Å². The molecule has 27 heavy (non-hydrogen) atoms. The van der Waals surface area contributed by atoms with Crippen molar-refractivity contribution in [1.29, 1.82) is 0 Å². The van der Waals surface area contributed by atoms with Gasteiger partial charge in [-0.15, -0.1) is 0 Å². The molecule has 2 aromatic carbocycles. The highest BCUT2D eigenvalue weighted by Gasteiger charge is 2.37. The minimum absolute atomic E-state index is 0.0299. The maximum atomic E-state index is 12.8. The summed E-state index contributed by atoms with van der Waals surface area (Å²) in [5.41, 5.74) is 0.419. The molecule has 0 aliphatic carbocycles. The van der Waals surface area contributed by atoms with Crippen molar-refractivity contribution in [2.45, 2.75) is 18.6 Å². The summed E-state index contributed by atoms with van der Waals surface area (Å²) in [6.45, 7) is 2.77. The average molecular weight is 389 g/mol. The first-order valence-corrected chi connectivity index (χ1v) is 9.45. The van der Waals surface area contributed by atoms with E-state index in [9.17, 15) is 4.79 Å². The van der Waals surface area contributed by atoms with E-state index in [1.54, 1.807) is 17.0 Å². The molecule has 1 atom stereocenters. The van der Waals surface area contributed by atoms with Gasteiger partial charge in [0.25, 0.3) is 0 Å². The Morgan fingerprint density at radius 1 is 1.22 bits per heavy atom. The number of hydrogen-bond donors (Lipinski definition) is 1. The second-order valence-electron chi connectivity index (χ2n) is 6.86. The summed E-state index contributed by atoms with van der Waals surface area (Å²) < 4.78 is 11.9. The van der Waals surface area contributed by atoms with Crippen molar-refractivity contribution >= 4 is 17.5 Å². The van der Waals surface area contributed by atoms with Gasteiger partial charge < -0.3 is 19.7 Å². The van der Waals surface area contributed by atoms with Crippen molar-refractivity contribution in [3.63, 3.8) is 0 Å². The second-order valence-corrected chi connectivity index (χ2v) is 7.30. The molecular formula is C21H25ClN2O3. The van der Waals surface area contributed by atoms with E-state index in [0.29, 0.717) is 37.1 Å². The zero-order chi connectivity index (χ0) is 19.1. The van der Waals surface area contributed by atoms with Crippen molar-refractivity contribution in [2.75, 3.05) is 33.4 Å². The molecule has 0 radical (unpaired) electrons. The number of hydrogen-bond acceptors (Lipinski definition) is 4. The SMILES string of the molecule is CN(Cc1ccccc1)C(=O)C[C@]1(COc2ccc(Cl)cc2)CNCCO1. The molecule has 1 saturated heterocycles. The molecular weight excluding hydrogens is 364 g/mol. The third kappa shape index (κ3) is 5.70. The van der Waals surface area contributed by atoms with Crippen molar-refractivity contribution in [3.8, 4) is 5.75 Å². The number of benzene rings is 2. The van der Waals surface area contributed by atoms with Crippen LogP contribution >= 0.6 is 11.6 Å². The average Bonchev–Trinajstić information content (AvgIpc) is 2.69. The summed E-state index contributed by atoms with van der Waals surface area (Å²) in [5.74, 6) is 0.736. The lowest BCUT2D eigenvalue weighted by molar-refractivity contribution is -0.144. The molecule has 1 aliphatic heterocycles. The van der Waals surface area contributed by atoms with Gasteiger partial charge in [-0.25, -0.2) is 0 Å². The molecule has 144 valence electrons.